The molecule has 96 valence electrons. The molecular weight excluding hydrogens is 355 g/mol. The first-order chi connectivity index (χ1) is 7.57. The van der Waals surface area contributed by atoms with Gasteiger partial charge in [0.05, 0.1) is 20.8 Å². The Labute approximate surface area is 127 Å². The van der Waals surface area contributed by atoms with Crippen LogP contribution >= 0.6 is 69.6 Å². The summed E-state index contributed by atoms with van der Waals surface area (Å²) in [5.41, 5.74) is 5.86. The number of carboxylic acid groups (broad SMARTS) is 1. The van der Waals surface area contributed by atoms with E-state index in [-0.39, 0.29) is 0 Å². The Kier molecular flexibility index (Phi) is 7.07. The summed E-state index contributed by atoms with van der Waals surface area (Å²) in [7, 11) is 0. The Morgan fingerprint density at radius 2 is 1.53 bits per heavy atom. The number of benzene rings is 1. The van der Waals surface area contributed by atoms with E-state index in [2.05, 4.69) is 0 Å². The maximum Gasteiger partial charge on any atom is 0.356 e. The zero-order valence-electron chi connectivity index (χ0n) is 7.86. The van der Waals surface area contributed by atoms with Gasteiger partial charge in [0.25, 0.3) is 3.79 Å². The second-order valence-corrected chi connectivity index (χ2v) is 6.01. The first-order valence-electron chi connectivity index (χ1n) is 3.76. The van der Waals surface area contributed by atoms with Gasteiger partial charge in [0, 0.05) is 0 Å². The lowest BCUT2D eigenvalue weighted by Gasteiger charge is -2.00. The van der Waals surface area contributed by atoms with Gasteiger partial charge in [-0.05, 0) is 12.1 Å². The molecule has 0 saturated carbocycles. The third-order valence-electron chi connectivity index (χ3n) is 1.31. The smallest absolute Gasteiger partial charge is 0.356 e. The fraction of sp³-hybridized carbons (Fsp3) is 0.125. The van der Waals surface area contributed by atoms with Gasteiger partial charge in [-0.2, -0.15) is 0 Å². The minimum Gasteiger partial charge on any atom is -0.478 e. The highest BCUT2D eigenvalue weighted by molar-refractivity contribution is 6.75. The quantitative estimate of drug-likeness (QED) is 0.402. The normalized spacial score (nSPS) is 10.5. The van der Waals surface area contributed by atoms with Crippen LogP contribution in [0.4, 0.5) is 5.69 Å². The summed E-state index contributed by atoms with van der Waals surface area (Å²) in [5, 5.41) is 8.89. The molecule has 0 aliphatic rings. The van der Waals surface area contributed by atoms with Crippen molar-refractivity contribution in [1.82, 2.24) is 0 Å². The molecule has 0 aliphatic heterocycles. The number of aliphatic carboxylic acids is 1. The predicted molar refractivity (Wildman–Crippen MR) is 73.8 cm³/mol. The van der Waals surface area contributed by atoms with E-state index in [1.807, 2.05) is 0 Å². The van der Waals surface area contributed by atoms with Crippen molar-refractivity contribution in [3.63, 3.8) is 0 Å². The van der Waals surface area contributed by atoms with E-state index in [0.29, 0.717) is 20.8 Å². The van der Waals surface area contributed by atoms with Crippen molar-refractivity contribution in [2.24, 2.45) is 0 Å². The molecule has 0 spiro atoms. The zero-order valence-corrected chi connectivity index (χ0v) is 12.4. The van der Waals surface area contributed by atoms with Crippen molar-refractivity contribution >= 4 is 81.3 Å². The first kappa shape index (κ1) is 17.2. The monoisotopic (exact) mass is 357 g/mol. The Morgan fingerprint density at radius 3 is 1.82 bits per heavy atom. The fourth-order valence-corrected chi connectivity index (χ4v) is 1.08. The Balaban J connectivity index is 0.000000325. The van der Waals surface area contributed by atoms with Gasteiger partial charge in [-0.15, -0.1) is 0 Å². The van der Waals surface area contributed by atoms with Crippen LogP contribution in [0, 0.1) is 0 Å². The van der Waals surface area contributed by atoms with Gasteiger partial charge in [0.15, 0.2) is 0 Å². The van der Waals surface area contributed by atoms with Gasteiger partial charge in [-0.25, -0.2) is 4.79 Å². The van der Waals surface area contributed by atoms with Gasteiger partial charge in [0.2, 0.25) is 0 Å². The number of hydrogen-bond donors (Lipinski definition) is 2. The van der Waals surface area contributed by atoms with E-state index >= 15 is 0 Å². The van der Waals surface area contributed by atoms with Crippen LogP contribution in [0.1, 0.15) is 0 Å². The van der Waals surface area contributed by atoms with E-state index in [1.54, 1.807) is 12.1 Å². The molecule has 0 aromatic heterocycles. The third-order valence-corrected chi connectivity index (χ3v) is 3.10. The van der Waals surface area contributed by atoms with Crippen molar-refractivity contribution in [3.8, 4) is 0 Å². The van der Waals surface area contributed by atoms with Crippen molar-refractivity contribution in [2.75, 3.05) is 5.73 Å². The molecule has 0 bridgehead atoms. The van der Waals surface area contributed by atoms with E-state index in [0.717, 1.165) is 0 Å². The molecule has 1 rings (SSSR count). The van der Waals surface area contributed by atoms with Crippen LogP contribution in [0.15, 0.2) is 12.1 Å². The van der Waals surface area contributed by atoms with Crippen LogP contribution < -0.4 is 5.73 Å². The van der Waals surface area contributed by atoms with E-state index < -0.39 is 9.76 Å². The van der Waals surface area contributed by atoms with Crippen molar-refractivity contribution in [1.29, 1.82) is 0 Å². The molecule has 0 fully saturated rings. The van der Waals surface area contributed by atoms with E-state index in [1.165, 1.54) is 0 Å². The van der Waals surface area contributed by atoms with Gasteiger partial charge >= 0.3 is 5.97 Å². The summed E-state index contributed by atoms with van der Waals surface area (Å²) in [5.74, 6) is -1.46. The summed E-state index contributed by atoms with van der Waals surface area (Å²) in [6.45, 7) is 0. The lowest BCUT2D eigenvalue weighted by Crippen LogP contribution is -2.16. The number of nitrogen functional groups attached to an aromatic ring is 1. The number of hydrogen-bond acceptors (Lipinski definition) is 2. The van der Waals surface area contributed by atoms with Crippen molar-refractivity contribution < 1.29 is 9.90 Å². The maximum atomic E-state index is 9.62. The topological polar surface area (TPSA) is 63.3 Å². The number of halogens is 6. The maximum absolute atomic E-state index is 9.62. The summed E-state index contributed by atoms with van der Waals surface area (Å²) < 4.78 is -2.17. The van der Waals surface area contributed by atoms with E-state index in [4.69, 9.17) is 80.4 Å². The Morgan fingerprint density at radius 1 is 1.12 bits per heavy atom. The highest BCUT2D eigenvalue weighted by atomic mass is 35.6. The first-order valence-corrected chi connectivity index (χ1v) is 6.03. The molecule has 3 N–H and O–H groups in total. The molecule has 0 saturated heterocycles. The molecule has 9 heteroatoms. The number of rotatable bonds is 0. The average molecular weight is 360 g/mol. The number of carbonyl (C=O) groups is 1. The number of carboxylic acids is 1. The molecule has 0 aliphatic carbocycles. The van der Waals surface area contributed by atoms with Crippen LogP contribution in [-0.4, -0.2) is 14.9 Å². The summed E-state index contributed by atoms with van der Waals surface area (Å²) in [6, 6.07) is 3.21. The lowest BCUT2D eigenvalue weighted by molar-refractivity contribution is -0.135. The zero-order chi connectivity index (χ0) is 13.8. The summed E-state index contributed by atoms with van der Waals surface area (Å²) >= 11 is 31.3. The average Bonchev–Trinajstić information content (AvgIpc) is 2.20. The minimum absolute atomic E-state index is 0.309. The molecular formula is C8H5Cl6NO2. The fourth-order valence-electron chi connectivity index (χ4n) is 0.541. The highest BCUT2D eigenvalue weighted by Gasteiger charge is 2.29. The SMILES string of the molecule is Nc1ccc(Cl)c(Cl)c1Cl.O=C(O)C(Cl)(Cl)Cl. The van der Waals surface area contributed by atoms with Crippen LogP contribution in [-0.2, 0) is 4.79 Å². The second-order valence-electron chi connectivity index (χ2n) is 2.57. The van der Waals surface area contributed by atoms with Gasteiger partial charge in [0.1, 0.15) is 0 Å². The van der Waals surface area contributed by atoms with Crippen LogP contribution in [0.25, 0.3) is 0 Å². The number of anilines is 1. The predicted octanol–water partition coefficient (Wildman–Crippen LogP) is 4.67. The van der Waals surface area contributed by atoms with Crippen LogP contribution in [0.5, 0.6) is 0 Å². The summed E-state index contributed by atoms with van der Waals surface area (Å²) in [4.78, 5) is 9.62. The largest absolute Gasteiger partial charge is 0.478 e. The van der Waals surface area contributed by atoms with Crippen molar-refractivity contribution in [2.45, 2.75) is 3.79 Å². The van der Waals surface area contributed by atoms with Crippen LogP contribution in [0.2, 0.25) is 15.1 Å². The number of nitrogens with two attached hydrogens (primary N) is 1. The molecule has 0 amide bonds. The van der Waals surface area contributed by atoms with Gasteiger partial charge in [-0.1, -0.05) is 69.6 Å². The molecule has 0 radical (unpaired) electrons. The second kappa shape index (κ2) is 6.98. The molecule has 0 heterocycles. The molecule has 1 aromatic carbocycles. The van der Waals surface area contributed by atoms with Gasteiger partial charge in [-0.3, -0.25) is 0 Å². The van der Waals surface area contributed by atoms with E-state index in [9.17, 15) is 4.79 Å². The highest BCUT2D eigenvalue weighted by Crippen LogP contribution is 2.33. The van der Waals surface area contributed by atoms with Gasteiger partial charge < -0.3 is 10.8 Å². The molecule has 0 unspecified atom stereocenters. The summed E-state index contributed by atoms with van der Waals surface area (Å²) in [6.07, 6.45) is 0. The number of alkyl halides is 3. The van der Waals surface area contributed by atoms with Crippen LogP contribution in [0.3, 0.4) is 0 Å². The Bertz CT molecular complexity index is 390. The molecule has 1 aromatic rings. The molecule has 0 atom stereocenters. The minimum atomic E-state index is -2.17. The third kappa shape index (κ3) is 6.09. The molecule has 17 heavy (non-hydrogen) atoms. The lowest BCUT2D eigenvalue weighted by atomic mass is 10.3. The Hall–Kier alpha value is 0.230. The van der Waals surface area contributed by atoms with Crippen molar-refractivity contribution in [3.05, 3.63) is 27.2 Å². The standard InChI is InChI=1S/C6H4Cl3N.C2HCl3O2/c7-3-1-2-4(10)6(9)5(3)8;3-2(4,5)1(6)7/h1-2H,10H2;(H,6,7). The molecule has 3 nitrogen and oxygen atoms in total.